The lowest BCUT2D eigenvalue weighted by atomic mass is 10.1. The summed E-state index contributed by atoms with van der Waals surface area (Å²) in [4.78, 5) is 0. The quantitative estimate of drug-likeness (QED) is 0.760. The summed E-state index contributed by atoms with van der Waals surface area (Å²) in [6.07, 6.45) is 0. The zero-order valence-corrected chi connectivity index (χ0v) is 7.00. The van der Waals surface area contributed by atoms with Crippen molar-refractivity contribution >= 4 is 5.82 Å². The Balaban J connectivity index is 2.61. The summed E-state index contributed by atoms with van der Waals surface area (Å²) in [7, 11) is 0. The van der Waals surface area contributed by atoms with Crippen molar-refractivity contribution < 1.29 is 13.3 Å². The van der Waals surface area contributed by atoms with E-state index in [1.54, 1.807) is 0 Å². The zero-order valence-electron chi connectivity index (χ0n) is 7.00. The van der Waals surface area contributed by atoms with E-state index >= 15 is 0 Å². The van der Waals surface area contributed by atoms with Crippen LogP contribution in [-0.4, -0.2) is 5.16 Å². The van der Waals surface area contributed by atoms with Gasteiger partial charge < -0.3 is 10.3 Å². The monoisotopic (exact) mass is 196 g/mol. The molecule has 1 heterocycles. The van der Waals surface area contributed by atoms with Gasteiger partial charge in [0.05, 0.1) is 5.56 Å². The number of nitrogens with zero attached hydrogens (tertiary/aromatic N) is 1. The molecule has 14 heavy (non-hydrogen) atoms. The summed E-state index contributed by atoms with van der Waals surface area (Å²) in [5.41, 5.74) is 5.01. The summed E-state index contributed by atoms with van der Waals surface area (Å²) in [6, 6.07) is 4.81. The Morgan fingerprint density at radius 3 is 2.36 bits per heavy atom. The second kappa shape index (κ2) is 3.10. The molecule has 2 N–H and O–H groups in total. The molecule has 0 saturated carbocycles. The van der Waals surface area contributed by atoms with Crippen molar-refractivity contribution in [2.24, 2.45) is 0 Å². The summed E-state index contributed by atoms with van der Waals surface area (Å²) >= 11 is 0. The predicted octanol–water partition coefficient (Wildman–Crippen LogP) is 2.20. The number of nitrogens with two attached hydrogens (primary N) is 1. The lowest BCUT2D eigenvalue weighted by Crippen LogP contribution is -1.87. The van der Waals surface area contributed by atoms with Gasteiger partial charge in [-0.05, 0) is 12.1 Å². The minimum Gasteiger partial charge on any atom is -0.381 e. The van der Waals surface area contributed by atoms with Crippen LogP contribution in [0.3, 0.4) is 0 Å². The van der Waals surface area contributed by atoms with Gasteiger partial charge in [-0.2, -0.15) is 0 Å². The number of anilines is 1. The third-order valence-corrected chi connectivity index (χ3v) is 1.74. The van der Waals surface area contributed by atoms with Gasteiger partial charge in [-0.1, -0.05) is 11.2 Å². The van der Waals surface area contributed by atoms with E-state index in [0.717, 1.165) is 12.1 Å². The molecule has 0 atom stereocenters. The minimum atomic E-state index is -0.707. The maximum atomic E-state index is 13.2. The van der Waals surface area contributed by atoms with Crippen LogP contribution in [0.1, 0.15) is 0 Å². The second-order valence-corrected chi connectivity index (χ2v) is 2.71. The molecule has 1 aromatic heterocycles. The van der Waals surface area contributed by atoms with Crippen molar-refractivity contribution in [1.29, 1.82) is 0 Å². The molecule has 0 fully saturated rings. The standard InChI is InChI=1S/C9H6F2N2O/c10-5-2-1-3-6(11)9(5)7-4-8(12)13-14-7/h1-4H,(H2,12,13). The van der Waals surface area contributed by atoms with E-state index in [0.29, 0.717) is 0 Å². The fourth-order valence-electron chi connectivity index (χ4n) is 1.14. The molecule has 0 bridgehead atoms. The first-order valence-corrected chi connectivity index (χ1v) is 3.85. The van der Waals surface area contributed by atoms with E-state index in [2.05, 4.69) is 9.68 Å². The van der Waals surface area contributed by atoms with Gasteiger partial charge in [-0.25, -0.2) is 8.78 Å². The lowest BCUT2D eigenvalue weighted by molar-refractivity contribution is 0.430. The summed E-state index contributed by atoms with van der Waals surface area (Å²) in [5, 5.41) is 3.34. The molecule has 0 radical (unpaired) electrons. The fraction of sp³-hybridized carbons (Fsp3) is 0. The molecule has 1 aromatic carbocycles. The van der Waals surface area contributed by atoms with Crippen LogP contribution in [0, 0.1) is 11.6 Å². The van der Waals surface area contributed by atoms with Crippen molar-refractivity contribution in [2.75, 3.05) is 5.73 Å². The van der Waals surface area contributed by atoms with Crippen molar-refractivity contribution in [2.45, 2.75) is 0 Å². The van der Waals surface area contributed by atoms with Crippen LogP contribution in [0.4, 0.5) is 14.6 Å². The molecule has 0 spiro atoms. The molecule has 2 rings (SSSR count). The molecule has 5 heteroatoms. The Labute approximate surface area is 78.1 Å². The van der Waals surface area contributed by atoms with E-state index in [1.807, 2.05) is 0 Å². The van der Waals surface area contributed by atoms with Crippen molar-refractivity contribution in [3.8, 4) is 11.3 Å². The molecule has 0 aliphatic rings. The third kappa shape index (κ3) is 1.32. The van der Waals surface area contributed by atoms with Crippen LogP contribution in [0.5, 0.6) is 0 Å². The first-order valence-electron chi connectivity index (χ1n) is 3.85. The van der Waals surface area contributed by atoms with Crippen LogP contribution in [0.2, 0.25) is 0 Å². The smallest absolute Gasteiger partial charge is 0.174 e. The van der Waals surface area contributed by atoms with Crippen LogP contribution in [0.15, 0.2) is 28.8 Å². The molecule has 0 aliphatic heterocycles. The van der Waals surface area contributed by atoms with E-state index < -0.39 is 11.6 Å². The van der Waals surface area contributed by atoms with Gasteiger partial charge in [0.1, 0.15) is 11.6 Å². The Bertz CT molecular complexity index is 447. The fourth-order valence-corrected chi connectivity index (χ4v) is 1.14. The van der Waals surface area contributed by atoms with Gasteiger partial charge >= 0.3 is 0 Å². The molecule has 0 amide bonds. The van der Waals surface area contributed by atoms with Gasteiger partial charge in [0, 0.05) is 6.07 Å². The molecule has 3 nitrogen and oxygen atoms in total. The highest BCUT2D eigenvalue weighted by Crippen LogP contribution is 2.26. The number of aromatic nitrogens is 1. The highest BCUT2D eigenvalue weighted by Gasteiger charge is 2.14. The van der Waals surface area contributed by atoms with Crippen LogP contribution in [0.25, 0.3) is 11.3 Å². The Morgan fingerprint density at radius 1 is 1.21 bits per heavy atom. The SMILES string of the molecule is Nc1cc(-c2c(F)cccc2F)on1. The van der Waals surface area contributed by atoms with E-state index in [4.69, 9.17) is 5.73 Å². The number of nitrogen functional groups attached to an aromatic ring is 1. The first kappa shape index (κ1) is 8.68. The number of hydrogen-bond donors (Lipinski definition) is 1. The average molecular weight is 196 g/mol. The topological polar surface area (TPSA) is 52.0 Å². The van der Waals surface area contributed by atoms with Gasteiger partial charge in [0.2, 0.25) is 0 Å². The number of benzene rings is 1. The van der Waals surface area contributed by atoms with Crippen molar-refractivity contribution in [1.82, 2.24) is 5.16 Å². The first-order chi connectivity index (χ1) is 6.68. The van der Waals surface area contributed by atoms with Crippen LogP contribution < -0.4 is 5.73 Å². The second-order valence-electron chi connectivity index (χ2n) is 2.71. The Kier molecular flexibility index (Phi) is 1.92. The molecular weight excluding hydrogens is 190 g/mol. The third-order valence-electron chi connectivity index (χ3n) is 1.74. The van der Waals surface area contributed by atoms with Crippen LogP contribution >= 0.6 is 0 Å². The highest BCUT2D eigenvalue weighted by molar-refractivity contribution is 5.61. The normalized spacial score (nSPS) is 10.4. The minimum absolute atomic E-state index is 0.0156. The van der Waals surface area contributed by atoms with Gasteiger partial charge in [0.25, 0.3) is 0 Å². The summed E-state index contributed by atoms with van der Waals surface area (Å²) < 4.78 is 31.0. The zero-order chi connectivity index (χ0) is 10.1. The Morgan fingerprint density at radius 2 is 1.86 bits per heavy atom. The van der Waals surface area contributed by atoms with Gasteiger partial charge in [0.15, 0.2) is 11.6 Å². The van der Waals surface area contributed by atoms with E-state index in [-0.39, 0.29) is 17.1 Å². The molecule has 0 aliphatic carbocycles. The van der Waals surface area contributed by atoms with Gasteiger partial charge in [-0.3, -0.25) is 0 Å². The Hall–Kier alpha value is -1.91. The average Bonchev–Trinajstić information content (AvgIpc) is 2.51. The number of rotatable bonds is 1. The summed E-state index contributed by atoms with van der Waals surface area (Å²) in [5.74, 6) is -1.34. The number of halogens is 2. The number of hydrogen-bond acceptors (Lipinski definition) is 3. The maximum Gasteiger partial charge on any atom is 0.174 e. The van der Waals surface area contributed by atoms with Crippen molar-refractivity contribution in [3.63, 3.8) is 0 Å². The molecule has 72 valence electrons. The van der Waals surface area contributed by atoms with E-state index in [1.165, 1.54) is 12.1 Å². The lowest BCUT2D eigenvalue weighted by Gasteiger charge is -1.98. The van der Waals surface area contributed by atoms with Gasteiger partial charge in [-0.15, -0.1) is 0 Å². The highest BCUT2D eigenvalue weighted by atomic mass is 19.1. The largest absolute Gasteiger partial charge is 0.381 e. The molecule has 0 unspecified atom stereocenters. The van der Waals surface area contributed by atoms with Crippen LogP contribution in [-0.2, 0) is 0 Å². The predicted molar refractivity (Wildman–Crippen MR) is 46.3 cm³/mol. The van der Waals surface area contributed by atoms with E-state index in [9.17, 15) is 8.78 Å². The van der Waals surface area contributed by atoms with Crippen molar-refractivity contribution in [3.05, 3.63) is 35.9 Å². The maximum absolute atomic E-state index is 13.2. The molecule has 2 aromatic rings. The molecular formula is C9H6F2N2O. The summed E-state index contributed by atoms with van der Waals surface area (Å²) in [6.45, 7) is 0. The molecule has 0 saturated heterocycles.